The van der Waals surface area contributed by atoms with Crippen LogP contribution in [0.4, 0.5) is 0 Å². The van der Waals surface area contributed by atoms with Crippen LogP contribution in [0.5, 0.6) is 0 Å². The van der Waals surface area contributed by atoms with Crippen molar-refractivity contribution in [2.45, 2.75) is 27.2 Å². The third kappa shape index (κ3) is 3.68. The van der Waals surface area contributed by atoms with Crippen LogP contribution in [0.15, 0.2) is 0 Å². The molecule has 14 heavy (non-hydrogen) atoms. The average molecular weight is 199 g/mol. The second-order valence-corrected chi connectivity index (χ2v) is 4.47. The van der Waals surface area contributed by atoms with Gasteiger partial charge in [0.25, 0.3) is 5.91 Å². The van der Waals surface area contributed by atoms with E-state index in [1.54, 1.807) is 20.8 Å². The Morgan fingerprint density at radius 2 is 1.50 bits per heavy atom. The lowest BCUT2D eigenvalue weighted by atomic mass is 9.88. The lowest BCUT2D eigenvalue weighted by molar-refractivity contribution is -0.145. The third-order valence-electron chi connectivity index (χ3n) is 1.80. The molecule has 0 saturated heterocycles. The van der Waals surface area contributed by atoms with Gasteiger partial charge < -0.3 is 4.90 Å². The molecule has 0 aromatic heterocycles. The summed E-state index contributed by atoms with van der Waals surface area (Å²) in [7, 11) is 2.98. The van der Waals surface area contributed by atoms with Gasteiger partial charge in [-0.3, -0.25) is 14.4 Å². The molecule has 0 aliphatic rings. The van der Waals surface area contributed by atoms with E-state index < -0.39 is 17.1 Å². The van der Waals surface area contributed by atoms with E-state index in [1.807, 2.05) is 0 Å². The van der Waals surface area contributed by atoms with Gasteiger partial charge in [0, 0.05) is 19.5 Å². The predicted molar refractivity (Wildman–Crippen MR) is 52.8 cm³/mol. The molecule has 0 aliphatic carbocycles. The molecule has 0 N–H and O–H groups in total. The van der Waals surface area contributed by atoms with Crippen LogP contribution in [0, 0.1) is 5.41 Å². The summed E-state index contributed by atoms with van der Waals surface area (Å²) in [6.07, 6.45) is -0.305. The lowest BCUT2D eigenvalue weighted by Crippen LogP contribution is -2.33. The fraction of sp³-hybridized carbons (Fsp3) is 0.700. The van der Waals surface area contributed by atoms with Crippen LogP contribution in [-0.2, 0) is 14.4 Å². The van der Waals surface area contributed by atoms with E-state index >= 15 is 0 Å². The molecule has 4 nitrogen and oxygen atoms in total. The smallest absolute Gasteiger partial charge is 0.289 e. The molecule has 0 spiro atoms. The average Bonchev–Trinajstić information content (AvgIpc) is 2.00. The molecule has 80 valence electrons. The zero-order chi connectivity index (χ0) is 11.5. The van der Waals surface area contributed by atoms with Gasteiger partial charge in [-0.1, -0.05) is 20.8 Å². The minimum atomic E-state index is -0.644. The number of hydrogen-bond acceptors (Lipinski definition) is 3. The summed E-state index contributed by atoms with van der Waals surface area (Å²) in [6, 6.07) is 0. The minimum absolute atomic E-state index is 0.210. The molecular weight excluding hydrogens is 182 g/mol. The van der Waals surface area contributed by atoms with Crippen molar-refractivity contribution in [3.63, 3.8) is 0 Å². The van der Waals surface area contributed by atoms with Gasteiger partial charge in [-0.2, -0.15) is 0 Å². The summed E-state index contributed by atoms with van der Waals surface area (Å²) in [5.41, 5.74) is -0.567. The molecule has 4 heteroatoms. The van der Waals surface area contributed by atoms with Gasteiger partial charge in [0.05, 0.1) is 6.42 Å². The first-order valence-electron chi connectivity index (χ1n) is 4.44. The zero-order valence-electron chi connectivity index (χ0n) is 9.38. The Morgan fingerprint density at radius 1 is 1.07 bits per heavy atom. The highest BCUT2D eigenvalue weighted by atomic mass is 16.2. The summed E-state index contributed by atoms with van der Waals surface area (Å²) in [5.74, 6) is -1.48. The van der Waals surface area contributed by atoms with Gasteiger partial charge in [0.1, 0.15) is 5.78 Å². The van der Waals surface area contributed by atoms with Crippen molar-refractivity contribution < 1.29 is 14.4 Å². The monoisotopic (exact) mass is 199 g/mol. The maximum atomic E-state index is 11.4. The Bertz CT molecular complexity index is 261. The highest BCUT2D eigenvalue weighted by Gasteiger charge is 2.27. The topological polar surface area (TPSA) is 54.5 Å². The first-order valence-corrected chi connectivity index (χ1v) is 4.44. The van der Waals surface area contributed by atoms with E-state index in [0.717, 1.165) is 0 Å². The highest BCUT2D eigenvalue weighted by Crippen LogP contribution is 2.16. The van der Waals surface area contributed by atoms with Crippen LogP contribution >= 0.6 is 0 Å². The first kappa shape index (κ1) is 12.8. The van der Waals surface area contributed by atoms with Crippen molar-refractivity contribution in [3.8, 4) is 0 Å². The number of hydrogen-bond donors (Lipinski definition) is 0. The number of carbonyl (C=O) groups is 3. The molecule has 0 radical (unpaired) electrons. The van der Waals surface area contributed by atoms with E-state index in [2.05, 4.69) is 0 Å². The Kier molecular flexibility index (Phi) is 3.98. The molecular formula is C10H17NO3. The van der Waals surface area contributed by atoms with Crippen molar-refractivity contribution in [2.24, 2.45) is 5.41 Å². The summed E-state index contributed by atoms with van der Waals surface area (Å²) < 4.78 is 0. The third-order valence-corrected chi connectivity index (χ3v) is 1.80. The van der Waals surface area contributed by atoms with E-state index in [4.69, 9.17) is 0 Å². The van der Waals surface area contributed by atoms with Gasteiger partial charge in [0.2, 0.25) is 5.78 Å². The molecule has 0 rings (SSSR count). The van der Waals surface area contributed by atoms with Gasteiger partial charge in [-0.15, -0.1) is 0 Å². The number of ketones is 2. The molecule has 1 amide bonds. The highest BCUT2D eigenvalue weighted by molar-refractivity contribution is 6.39. The Hall–Kier alpha value is -1.19. The van der Waals surface area contributed by atoms with Crippen LogP contribution < -0.4 is 0 Å². The van der Waals surface area contributed by atoms with E-state index in [-0.39, 0.29) is 12.2 Å². The molecule has 0 unspecified atom stereocenters. The van der Waals surface area contributed by atoms with Gasteiger partial charge in [0.15, 0.2) is 0 Å². The second kappa shape index (κ2) is 4.35. The fourth-order valence-electron chi connectivity index (χ4n) is 0.736. The van der Waals surface area contributed by atoms with Crippen molar-refractivity contribution in [1.29, 1.82) is 0 Å². The summed E-state index contributed by atoms with van der Waals surface area (Å²) in [6.45, 7) is 5.17. The summed E-state index contributed by atoms with van der Waals surface area (Å²) in [4.78, 5) is 34.9. The van der Waals surface area contributed by atoms with Crippen molar-refractivity contribution in [1.82, 2.24) is 4.90 Å². The van der Waals surface area contributed by atoms with Crippen molar-refractivity contribution in [2.75, 3.05) is 14.1 Å². The number of Topliss-reactive ketones (excluding diaryl/α,β-unsaturated/α-hetero) is 2. The standard InChI is InChI=1S/C10H17NO3/c1-10(2,3)8(13)6-7(12)9(14)11(4)5/h6H2,1-5H3. The zero-order valence-corrected chi connectivity index (χ0v) is 9.38. The Morgan fingerprint density at radius 3 is 1.79 bits per heavy atom. The number of amides is 1. The summed E-state index contributed by atoms with van der Waals surface area (Å²) >= 11 is 0. The van der Waals surface area contributed by atoms with Crippen LogP contribution in [0.25, 0.3) is 0 Å². The van der Waals surface area contributed by atoms with Crippen LogP contribution in [0.1, 0.15) is 27.2 Å². The van der Waals surface area contributed by atoms with Crippen molar-refractivity contribution in [3.05, 3.63) is 0 Å². The first-order chi connectivity index (χ1) is 6.16. The maximum Gasteiger partial charge on any atom is 0.289 e. The Labute approximate surface area is 84.3 Å². The number of likely N-dealkylation sites (N-methyl/N-ethyl adjacent to an activating group) is 1. The number of nitrogens with zero attached hydrogens (tertiary/aromatic N) is 1. The maximum absolute atomic E-state index is 11.4. The fourth-order valence-corrected chi connectivity index (χ4v) is 0.736. The lowest BCUT2D eigenvalue weighted by Gasteiger charge is -2.16. The van der Waals surface area contributed by atoms with Crippen LogP contribution in [-0.4, -0.2) is 36.5 Å². The molecule has 0 saturated carbocycles. The van der Waals surface area contributed by atoms with Crippen LogP contribution in [0.2, 0.25) is 0 Å². The van der Waals surface area contributed by atoms with Crippen molar-refractivity contribution >= 4 is 17.5 Å². The minimum Gasteiger partial charge on any atom is -0.342 e. The molecule has 0 atom stereocenters. The van der Waals surface area contributed by atoms with E-state index in [1.165, 1.54) is 19.0 Å². The van der Waals surface area contributed by atoms with Gasteiger partial charge >= 0.3 is 0 Å². The molecule has 0 bridgehead atoms. The predicted octanol–water partition coefficient (Wildman–Crippen LogP) is 0.649. The Balaban J connectivity index is 4.36. The van der Waals surface area contributed by atoms with E-state index in [0.29, 0.717) is 0 Å². The normalized spacial score (nSPS) is 10.9. The second-order valence-electron chi connectivity index (χ2n) is 4.47. The van der Waals surface area contributed by atoms with Crippen LogP contribution in [0.3, 0.4) is 0 Å². The number of carbonyl (C=O) groups excluding carboxylic acids is 3. The SMILES string of the molecule is CN(C)C(=O)C(=O)CC(=O)C(C)(C)C. The molecule has 0 aromatic carbocycles. The summed E-state index contributed by atoms with van der Waals surface area (Å²) in [5, 5.41) is 0. The van der Waals surface area contributed by atoms with E-state index in [9.17, 15) is 14.4 Å². The largest absolute Gasteiger partial charge is 0.342 e. The molecule has 0 fully saturated rings. The molecule has 0 aromatic rings. The number of rotatable bonds is 3. The molecule has 0 aliphatic heterocycles. The van der Waals surface area contributed by atoms with Gasteiger partial charge in [-0.05, 0) is 0 Å². The van der Waals surface area contributed by atoms with Gasteiger partial charge in [-0.25, -0.2) is 0 Å². The quantitative estimate of drug-likeness (QED) is 0.495. The molecule has 0 heterocycles.